The number of rotatable bonds is 6. The van der Waals surface area contributed by atoms with Crippen molar-refractivity contribution in [3.8, 4) is 0 Å². The molecule has 2 atom stereocenters. The maximum absolute atomic E-state index is 13.7. The highest BCUT2D eigenvalue weighted by atomic mass is 79.9. The first-order valence-electron chi connectivity index (χ1n) is 9.49. The number of aromatic nitrogens is 1. The van der Waals surface area contributed by atoms with E-state index in [0.29, 0.717) is 26.6 Å². The third kappa shape index (κ3) is 5.37. The number of hydrogen-bond acceptors (Lipinski definition) is 8. The van der Waals surface area contributed by atoms with Crippen molar-refractivity contribution in [3.05, 3.63) is 61.9 Å². The standard InChI is InChI=1S/C21H21BrFN3O4S/c1-10(2)29-20(27)12(4)30-21(28)16-11(3)25-18(19-24-7-8-31-19)26-17(16)14-6-5-13(23)9-15(14)22/h5-10,12,17H,1-4H3,(H,25,26)/t12-,17-/m0/s1. The summed E-state index contributed by atoms with van der Waals surface area (Å²) >= 11 is 4.75. The van der Waals surface area contributed by atoms with E-state index in [1.807, 2.05) is 5.38 Å². The molecule has 0 saturated heterocycles. The van der Waals surface area contributed by atoms with Crippen molar-refractivity contribution < 1.29 is 23.5 Å². The lowest BCUT2D eigenvalue weighted by molar-refractivity contribution is -0.167. The molecule has 1 N–H and O–H groups in total. The number of ether oxygens (including phenoxy) is 2. The van der Waals surface area contributed by atoms with E-state index < -0.39 is 29.9 Å². The van der Waals surface area contributed by atoms with Gasteiger partial charge < -0.3 is 14.8 Å². The van der Waals surface area contributed by atoms with Crippen molar-refractivity contribution in [3.63, 3.8) is 0 Å². The molecule has 0 radical (unpaired) electrons. The zero-order valence-electron chi connectivity index (χ0n) is 17.3. The fourth-order valence-electron chi connectivity index (χ4n) is 2.94. The van der Waals surface area contributed by atoms with Crippen LogP contribution in [-0.2, 0) is 19.1 Å². The molecule has 2 aromatic rings. The van der Waals surface area contributed by atoms with Crippen LogP contribution in [0.15, 0.2) is 50.5 Å². The highest BCUT2D eigenvalue weighted by Gasteiger charge is 2.34. The molecule has 0 fully saturated rings. The lowest BCUT2D eigenvalue weighted by atomic mass is 9.96. The van der Waals surface area contributed by atoms with E-state index in [4.69, 9.17) is 9.47 Å². The predicted octanol–water partition coefficient (Wildman–Crippen LogP) is 4.29. The number of hydrogen-bond donors (Lipinski definition) is 1. The maximum atomic E-state index is 13.7. The number of nitrogens with zero attached hydrogens (tertiary/aromatic N) is 2. The molecule has 0 aliphatic carbocycles. The van der Waals surface area contributed by atoms with Gasteiger partial charge in [0.25, 0.3) is 0 Å². The van der Waals surface area contributed by atoms with Crippen molar-refractivity contribution in [2.45, 2.75) is 45.9 Å². The second kappa shape index (κ2) is 9.69. The summed E-state index contributed by atoms with van der Waals surface area (Å²) in [7, 11) is 0. The molecule has 0 saturated carbocycles. The summed E-state index contributed by atoms with van der Waals surface area (Å²) in [6, 6.07) is 3.35. The van der Waals surface area contributed by atoms with Gasteiger partial charge in [0.05, 0.1) is 11.7 Å². The molecule has 1 aliphatic heterocycles. The minimum Gasteiger partial charge on any atom is -0.460 e. The number of nitrogens with one attached hydrogen (secondary N) is 1. The quantitative estimate of drug-likeness (QED) is 0.584. The van der Waals surface area contributed by atoms with Crippen molar-refractivity contribution in [1.82, 2.24) is 10.3 Å². The molecule has 0 amide bonds. The SMILES string of the molecule is CC1=C(C(=O)O[C@@H](C)C(=O)OC(C)C)[C@H](c2ccc(F)cc2Br)N=C(c2nccs2)N1. The summed E-state index contributed by atoms with van der Waals surface area (Å²) < 4.78 is 24.6. The van der Waals surface area contributed by atoms with E-state index in [1.54, 1.807) is 33.0 Å². The van der Waals surface area contributed by atoms with Gasteiger partial charge in [0, 0.05) is 21.7 Å². The average Bonchev–Trinajstić information content (AvgIpc) is 3.21. The maximum Gasteiger partial charge on any atom is 0.347 e. The largest absolute Gasteiger partial charge is 0.460 e. The highest BCUT2D eigenvalue weighted by molar-refractivity contribution is 9.10. The van der Waals surface area contributed by atoms with Gasteiger partial charge in [0.1, 0.15) is 11.9 Å². The van der Waals surface area contributed by atoms with Gasteiger partial charge in [0.15, 0.2) is 16.9 Å². The van der Waals surface area contributed by atoms with Gasteiger partial charge in [0.2, 0.25) is 0 Å². The molecule has 1 aromatic heterocycles. The Labute approximate surface area is 191 Å². The highest BCUT2D eigenvalue weighted by Crippen LogP contribution is 2.36. The van der Waals surface area contributed by atoms with Crippen molar-refractivity contribution >= 4 is 45.0 Å². The second-order valence-corrected chi connectivity index (χ2v) is 8.83. The summed E-state index contributed by atoms with van der Waals surface area (Å²) in [4.78, 5) is 34.1. The zero-order valence-corrected chi connectivity index (χ0v) is 19.7. The normalized spacial score (nSPS) is 17.1. The van der Waals surface area contributed by atoms with Crippen LogP contribution in [-0.4, -0.2) is 35.0 Å². The lowest BCUT2D eigenvalue weighted by Gasteiger charge is -2.27. The summed E-state index contributed by atoms with van der Waals surface area (Å²) in [5.41, 5.74) is 1.27. The van der Waals surface area contributed by atoms with Crippen molar-refractivity contribution in [2.24, 2.45) is 4.99 Å². The van der Waals surface area contributed by atoms with E-state index in [1.165, 1.54) is 30.4 Å². The Morgan fingerprint density at radius 1 is 1.26 bits per heavy atom. The van der Waals surface area contributed by atoms with Crippen LogP contribution in [0.2, 0.25) is 0 Å². The Balaban J connectivity index is 1.97. The van der Waals surface area contributed by atoms with Gasteiger partial charge >= 0.3 is 11.9 Å². The molecule has 1 aromatic carbocycles. The topological polar surface area (TPSA) is 89.9 Å². The van der Waals surface area contributed by atoms with Crippen LogP contribution >= 0.6 is 27.3 Å². The van der Waals surface area contributed by atoms with Gasteiger partial charge in [-0.2, -0.15) is 0 Å². The Morgan fingerprint density at radius 3 is 2.61 bits per heavy atom. The molecule has 2 heterocycles. The number of carbonyl (C=O) groups is 2. The fraction of sp³-hybridized carbons (Fsp3) is 0.333. The van der Waals surface area contributed by atoms with Crippen LogP contribution < -0.4 is 5.32 Å². The summed E-state index contributed by atoms with van der Waals surface area (Å²) in [5, 5.41) is 5.54. The average molecular weight is 510 g/mol. The Bertz CT molecular complexity index is 1050. The van der Waals surface area contributed by atoms with Gasteiger partial charge in [-0.05, 0) is 45.4 Å². The van der Waals surface area contributed by atoms with Crippen LogP contribution in [0.1, 0.15) is 44.3 Å². The Kier molecular flexibility index (Phi) is 7.22. The third-order valence-electron chi connectivity index (χ3n) is 4.32. The molecule has 0 unspecified atom stereocenters. The van der Waals surface area contributed by atoms with Crippen LogP contribution in [0.25, 0.3) is 0 Å². The summed E-state index contributed by atoms with van der Waals surface area (Å²) in [5.74, 6) is -1.31. The second-order valence-electron chi connectivity index (χ2n) is 7.08. The molecule has 1 aliphatic rings. The molecular formula is C21H21BrFN3O4S. The third-order valence-corrected chi connectivity index (χ3v) is 5.79. The minimum atomic E-state index is -1.10. The fourth-order valence-corrected chi connectivity index (χ4v) is 4.09. The van der Waals surface area contributed by atoms with Crippen molar-refractivity contribution in [2.75, 3.05) is 0 Å². The summed E-state index contributed by atoms with van der Waals surface area (Å²) in [6.07, 6.45) is 0.217. The number of thiazole rings is 1. The number of carbonyl (C=O) groups excluding carboxylic acids is 2. The number of amidine groups is 1. The Morgan fingerprint density at radius 2 is 2.00 bits per heavy atom. The first-order valence-corrected chi connectivity index (χ1v) is 11.2. The van der Waals surface area contributed by atoms with E-state index in [-0.39, 0.29) is 11.7 Å². The van der Waals surface area contributed by atoms with Crippen LogP contribution in [0.3, 0.4) is 0 Å². The number of benzene rings is 1. The van der Waals surface area contributed by atoms with E-state index >= 15 is 0 Å². The van der Waals surface area contributed by atoms with Gasteiger partial charge in [-0.3, -0.25) is 4.99 Å². The molecule has 164 valence electrons. The van der Waals surface area contributed by atoms with Crippen LogP contribution in [0, 0.1) is 5.82 Å². The van der Waals surface area contributed by atoms with Crippen molar-refractivity contribution in [1.29, 1.82) is 0 Å². The Hall–Kier alpha value is -2.59. The first-order chi connectivity index (χ1) is 14.7. The van der Waals surface area contributed by atoms with Crippen LogP contribution in [0.4, 0.5) is 4.39 Å². The molecule has 7 nitrogen and oxygen atoms in total. The van der Waals surface area contributed by atoms with Gasteiger partial charge in [-0.25, -0.2) is 19.0 Å². The molecular weight excluding hydrogens is 489 g/mol. The van der Waals surface area contributed by atoms with Gasteiger partial charge in [-0.15, -0.1) is 11.3 Å². The number of aliphatic imine (C=N–C) groups is 1. The number of allylic oxidation sites excluding steroid dienone is 1. The minimum absolute atomic E-state index is 0.205. The van der Waals surface area contributed by atoms with E-state index in [0.717, 1.165) is 0 Å². The molecule has 10 heteroatoms. The van der Waals surface area contributed by atoms with Gasteiger partial charge in [-0.1, -0.05) is 22.0 Å². The molecule has 31 heavy (non-hydrogen) atoms. The number of halogens is 2. The smallest absolute Gasteiger partial charge is 0.347 e. The molecule has 0 bridgehead atoms. The lowest BCUT2D eigenvalue weighted by Crippen LogP contribution is -2.35. The van der Waals surface area contributed by atoms with E-state index in [9.17, 15) is 14.0 Å². The molecule has 0 spiro atoms. The number of esters is 2. The monoisotopic (exact) mass is 509 g/mol. The predicted molar refractivity (Wildman–Crippen MR) is 118 cm³/mol. The van der Waals surface area contributed by atoms with Crippen LogP contribution in [0.5, 0.6) is 0 Å². The van der Waals surface area contributed by atoms with E-state index in [2.05, 4.69) is 31.2 Å². The zero-order chi connectivity index (χ0) is 22.7. The first kappa shape index (κ1) is 23.1. The summed E-state index contributed by atoms with van der Waals surface area (Å²) in [6.45, 7) is 6.57. The molecule has 3 rings (SSSR count).